The average molecular weight is 525 g/mol. The molecule has 2 aromatic heterocycles. The standard InChI is InChI=1S/C20H13F3N4.C6H6O3S/c21-20(22,23)14-6-8-15(9-7-14)27-18-11-17(25-12-26-18)16-5-1-3-13-4-2-10-24-19(13)16;7-10(8,9)6-4-2-1-3-5-6/h1-12H,(H,25,26,27);1-5H,(H,7,8,9). The number of para-hydroxylation sites is 1. The monoisotopic (exact) mass is 524 g/mol. The highest BCUT2D eigenvalue weighted by atomic mass is 32.2. The molecule has 2 N–H and O–H groups in total. The van der Waals surface area contributed by atoms with Gasteiger partial charge in [-0.3, -0.25) is 9.54 Å². The number of benzene rings is 3. The van der Waals surface area contributed by atoms with Gasteiger partial charge in [0.05, 0.1) is 21.7 Å². The summed E-state index contributed by atoms with van der Waals surface area (Å²) < 4.78 is 67.2. The largest absolute Gasteiger partial charge is 0.416 e. The fraction of sp³-hybridized carbons (Fsp3) is 0.0385. The van der Waals surface area contributed by atoms with Gasteiger partial charge in [0, 0.05) is 28.9 Å². The number of nitrogens with one attached hydrogen (secondary N) is 1. The summed E-state index contributed by atoms with van der Waals surface area (Å²) in [5.74, 6) is 0.479. The van der Waals surface area contributed by atoms with Gasteiger partial charge in [-0.15, -0.1) is 0 Å². The van der Waals surface area contributed by atoms with Crippen LogP contribution in [0.2, 0.25) is 0 Å². The lowest BCUT2D eigenvalue weighted by molar-refractivity contribution is -0.137. The zero-order valence-electron chi connectivity index (χ0n) is 19.0. The van der Waals surface area contributed by atoms with Gasteiger partial charge in [0.2, 0.25) is 0 Å². The Morgan fingerprint density at radius 1 is 0.784 bits per heavy atom. The van der Waals surface area contributed by atoms with Gasteiger partial charge in [-0.05, 0) is 42.5 Å². The van der Waals surface area contributed by atoms with Gasteiger partial charge in [0.25, 0.3) is 10.1 Å². The van der Waals surface area contributed by atoms with Crippen LogP contribution in [-0.2, 0) is 16.3 Å². The molecule has 0 aliphatic rings. The lowest BCUT2D eigenvalue weighted by Gasteiger charge is -2.10. The molecule has 37 heavy (non-hydrogen) atoms. The Kier molecular flexibility index (Phi) is 7.46. The van der Waals surface area contributed by atoms with Crippen molar-refractivity contribution in [2.45, 2.75) is 11.1 Å². The number of aromatic nitrogens is 3. The van der Waals surface area contributed by atoms with Gasteiger partial charge in [-0.25, -0.2) is 9.97 Å². The molecule has 2 heterocycles. The molecule has 7 nitrogen and oxygen atoms in total. The second-order valence-electron chi connectivity index (χ2n) is 7.66. The van der Waals surface area contributed by atoms with E-state index in [9.17, 15) is 21.6 Å². The van der Waals surface area contributed by atoms with E-state index in [1.54, 1.807) is 30.5 Å². The molecular weight excluding hydrogens is 505 g/mol. The van der Waals surface area contributed by atoms with E-state index in [0.717, 1.165) is 28.6 Å². The highest BCUT2D eigenvalue weighted by molar-refractivity contribution is 7.85. The number of hydrogen-bond donors (Lipinski definition) is 2. The molecule has 0 saturated carbocycles. The molecule has 0 saturated heterocycles. The summed E-state index contributed by atoms with van der Waals surface area (Å²) in [4.78, 5) is 12.8. The zero-order chi connectivity index (χ0) is 26.5. The van der Waals surface area contributed by atoms with E-state index in [0.29, 0.717) is 17.2 Å². The van der Waals surface area contributed by atoms with Crippen LogP contribution in [0.3, 0.4) is 0 Å². The quantitative estimate of drug-likeness (QED) is 0.263. The number of pyridine rings is 1. The minimum absolute atomic E-state index is 0.0741. The lowest BCUT2D eigenvalue weighted by atomic mass is 10.1. The number of anilines is 2. The highest BCUT2D eigenvalue weighted by Gasteiger charge is 2.29. The molecule has 0 amide bonds. The molecule has 0 aliphatic heterocycles. The molecule has 5 aromatic rings. The van der Waals surface area contributed by atoms with E-state index in [4.69, 9.17) is 4.55 Å². The van der Waals surface area contributed by atoms with Crippen molar-refractivity contribution < 1.29 is 26.1 Å². The lowest BCUT2D eigenvalue weighted by Crippen LogP contribution is -2.04. The third-order valence-electron chi connectivity index (χ3n) is 5.10. The number of rotatable bonds is 4. The van der Waals surface area contributed by atoms with Crippen LogP contribution >= 0.6 is 0 Å². The molecule has 0 aliphatic carbocycles. The van der Waals surface area contributed by atoms with E-state index in [1.165, 1.54) is 30.6 Å². The number of hydrogen-bond acceptors (Lipinski definition) is 6. The molecule has 11 heteroatoms. The molecular formula is C26H19F3N4O3S. The van der Waals surface area contributed by atoms with Crippen molar-refractivity contribution in [3.63, 3.8) is 0 Å². The first-order valence-electron chi connectivity index (χ1n) is 10.7. The van der Waals surface area contributed by atoms with E-state index < -0.39 is 21.9 Å². The van der Waals surface area contributed by atoms with Gasteiger partial charge in [-0.1, -0.05) is 42.5 Å². The molecule has 0 atom stereocenters. The first-order valence-corrected chi connectivity index (χ1v) is 12.2. The molecule has 0 fully saturated rings. The second-order valence-corrected chi connectivity index (χ2v) is 9.08. The van der Waals surface area contributed by atoms with Gasteiger partial charge in [-0.2, -0.15) is 21.6 Å². The van der Waals surface area contributed by atoms with Crippen molar-refractivity contribution in [3.8, 4) is 11.3 Å². The van der Waals surface area contributed by atoms with E-state index in [-0.39, 0.29) is 4.90 Å². The Labute approximate surface area is 210 Å². The predicted octanol–water partition coefficient (Wildman–Crippen LogP) is 6.39. The Morgan fingerprint density at radius 2 is 1.49 bits per heavy atom. The van der Waals surface area contributed by atoms with Crippen molar-refractivity contribution >= 4 is 32.5 Å². The molecule has 5 rings (SSSR count). The molecule has 0 spiro atoms. The van der Waals surface area contributed by atoms with Crippen LogP contribution in [0.4, 0.5) is 24.7 Å². The van der Waals surface area contributed by atoms with Crippen LogP contribution in [-0.4, -0.2) is 27.9 Å². The van der Waals surface area contributed by atoms with Crippen molar-refractivity contribution in [2.24, 2.45) is 0 Å². The van der Waals surface area contributed by atoms with Crippen molar-refractivity contribution in [1.82, 2.24) is 15.0 Å². The van der Waals surface area contributed by atoms with Crippen molar-refractivity contribution in [3.05, 3.63) is 109 Å². The topological polar surface area (TPSA) is 105 Å². The third-order valence-corrected chi connectivity index (χ3v) is 5.97. The van der Waals surface area contributed by atoms with E-state index >= 15 is 0 Å². The summed E-state index contributed by atoms with van der Waals surface area (Å²) in [6, 6.07) is 23.6. The van der Waals surface area contributed by atoms with Gasteiger partial charge in [0.1, 0.15) is 12.1 Å². The normalized spacial score (nSPS) is 11.5. The van der Waals surface area contributed by atoms with Crippen LogP contribution in [0, 0.1) is 0 Å². The molecule has 188 valence electrons. The van der Waals surface area contributed by atoms with Crippen LogP contribution in [0.15, 0.2) is 108 Å². The Morgan fingerprint density at radius 3 is 2.14 bits per heavy atom. The maximum atomic E-state index is 12.7. The number of halogens is 3. The zero-order valence-corrected chi connectivity index (χ0v) is 19.8. The summed E-state index contributed by atoms with van der Waals surface area (Å²) in [6.45, 7) is 0. The van der Waals surface area contributed by atoms with Gasteiger partial charge < -0.3 is 5.32 Å². The predicted molar refractivity (Wildman–Crippen MR) is 134 cm³/mol. The van der Waals surface area contributed by atoms with Crippen LogP contribution < -0.4 is 5.32 Å². The summed E-state index contributed by atoms with van der Waals surface area (Å²) in [7, 11) is -4.00. The molecule has 0 unspecified atom stereocenters. The maximum absolute atomic E-state index is 12.7. The first kappa shape index (κ1) is 25.7. The highest BCUT2D eigenvalue weighted by Crippen LogP contribution is 2.31. The van der Waals surface area contributed by atoms with Crippen LogP contribution in [0.25, 0.3) is 22.2 Å². The van der Waals surface area contributed by atoms with Gasteiger partial charge >= 0.3 is 6.18 Å². The fourth-order valence-electron chi connectivity index (χ4n) is 3.37. The number of alkyl halides is 3. The second kappa shape index (κ2) is 10.7. The van der Waals surface area contributed by atoms with E-state index in [1.807, 2.05) is 30.3 Å². The summed E-state index contributed by atoms with van der Waals surface area (Å²) in [6.07, 6.45) is -1.24. The first-order chi connectivity index (χ1) is 17.6. The SMILES string of the molecule is FC(F)(F)c1ccc(Nc2cc(-c3cccc4cccnc34)ncn2)cc1.O=S(=O)(O)c1ccccc1. The van der Waals surface area contributed by atoms with Crippen LogP contribution in [0.5, 0.6) is 0 Å². The third kappa shape index (κ3) is 6.66. The number of fused-ring (bicyclic) bond motifs is 1. The van der Waals surface area contributed by atoms with Crippen LogP contribution in [0.1, 0.15) is 5.56 Å². The van der Waals surface area contributed by atoms with Crippen molar-refractivity contribution in [2.75, 3.05) is 5.32 Å². The van der Waals surface area contributed by atoms with Crippen molar-refractivity contribution in [1.29, 1.82) is 0 Å². The summed E-state index contributed by atoms with van der Waals surface area (Å²) in [5, 5.41) is 3.99. The minimum atomic E-state index is -4.36. The summed E-state index contributed by atoms with van der Waals surface area (Å²) in [5.41, 5.74) is 2.15. The smallest absolute Gasteiger partial charge is 0.340 e. The minimum Gasteiger partial charge on any atom is -0.340 e. The Bertz CT molecular complexity index is 1610. The molecule has 0 bridgehead atoms. The maximum Gasteiger partial charge on any atom is 0.416 e. The average Bonchev–Trinajstić information content (AvgIpc) is 2.89. The summed E-state index contributed by atoms with van der Waals surface area (Å²) >= 11 is 0. The molecule has 3 aromatic carbocycles. The molecule has 0 radical (unpaired) electrons. The fourth-order valence-corrected chi connectivity index (χ4v) is 3.87. The van der Waals surface area contributed by atoms with E-state index in [2.05, 4.69) is 20.3 Å². The Hall–Kier alpha value is -4.35. The van der Waals surface area contributed by atoms with Gasteiger partial charge in [0.15, 0.2) is 0 Å². The Balaban J connectivity index is 0.000000270. The number of nitrogens with zero attached hydrogens (tertiary/aromatic N) is 3.